The van der Waals surface area contributed by atoms with Gasteiger partial charge < -0.3 is 0 Å². The number of nitrogens with one attached hydrogen (secondary N) is 1. The highest BCUT2D eigenvalue weighted by Gasteiger charge is 2.16. The van der Waals surface area contributed by atoms with E-state index >= 15 is 0 Å². The molecule has 92 valence electrons. The highest BCUT2D eigenvalue weighted by Crippen LogP contribution is 2.03. The van der Waals surface area contributed by atoms with Crippen LogP contribution in [0.3, 0.4) is 0 Å². The van der Waals surface area contributed by atoms with Crippen molar-refractivity contribution in [1.82, 2.24) is 9.03 Å². The SMILES string of the molecule is CCN(CC)S(=O)(=O)NCCCC(C)Cl. The molecule has 0 aliphatic heterocycles. The van der Waals surface area contributed by atoms with E-state index in [2.05, 4.69) is 4.72 Å². The number of hydrogen-bond donors (Lipinski definition) is 1. The predicted molar refractivity (Wildman–Crippen MR) is 64.4 cm³/mol. The highest BCUT2D eigenvalue weighted by atomic mass is 35.5. The average molecular weight is 257 g/mol. The van der Waals surface area contributed by atoms with Gasteiger partial charge in [0.1, 0.15) is 0 Å². The molecule has 1 unspecified atom stereocenters. The molecule has 0 spiro atoms. The number of halogens is 1. The second-order valence-electron chi connectivity index (χ2n) is 3.41. The minimum atomic E-state index is -3.28. The van der Waals surface area contributed by atoms with E-state index in [0.29, 0.717) is 19.6 Å². The molecular weight excluding hydrogens is 236 g/mol. The maximum Gasteiger partial charge on any atom is 0.279 e. The number of nitrogens with zero attached hydrogens (tertiary/aromatic N) is 1. The summed E-state index contributed by atoms with van der Waals surface area (Å²) in [6.07, 6.45) is 1.59. The fourth-order valence-corrected chi connectivity index (χ4v) is 2.66. The van der Waals surface area contributed by atoms with Crippen LogP contribution < -0.4 is 4.72 Å². The topological polar surface area (TPSA) is 49.4 Å². The van der Waals surface area contributed by atoms with E-state index in [1.54, 1.807) is 0 Å². The Labute approximate surface area is 98.2 Å². The first kappa shape index (κ1) is 15.2. The Morgan fingerprint density at radius 2 is 1.87 bits per heavy atom. The van der Waals surface area contributed by atoms with Gasteiger partial charge in [-0.2, -0.15) is 12.7 Å². The molecule has 0 rings (SSSR count). The zero-order chi connectivity index (χ0) is 11.9. The lowest BCUT2D eigenvalue weighted by atomic mass is 10.2. The summed E-state index contributed by atoms with van der Waals surface area (Å²) in [5.74, 6) is 0. The zero-order valence-corrected chi connectivity index (χ0v) is 11.2. The Hall–Kier alpha value is 0.160. The van der Waals surface area contributed by atoms with Crippen LogP contribution in [-0.2, 0) is 10.2 Å². The highest BCUT2D eigenvalue weighted by molar-refractivity contribution is 7.87. The summed E-state index contributed by atoms with van der Waals surface area (Å²) in [5.41, 5.74) is 0. The third-order valence-corrected chi connectivity index (χ3v) is 4.09. The fourth-order valence-electron chi connectivity index (χ4n) is 1.24. The maximum atomic E-state index is 11.6. The van der Waals surface area contributed by atoms with Crippen LogP contribution in [0.4, 0.5) is 0 Å². The molecule has 0 amide bonds. The fraction of sp³-hybridized carbons (Fsp3) is 1.00. The molecular formula is C9H21ClN2O2S. The normalized spacial score (nSPS) is 14.5. The van der Waals surface area contributed by atoms with Crippen molar-refractivity contribution in [3.05, 3.63) is 0 Å². The van der Waals surface area contributed by atoms with Gasteiger partial charge in [0.25, 0.3) is 10.2 Å². The lowest BCUT2D eigenvalue weighted by molar-refractivity contribution is 0.434. The largest absolute Gasteiger partial charge is 0.279 e. The number of rotatable bonds is 8. The standard InChI is InChI=1S/C9H21ClN2O2S/c1-4-12(5-2)15(13,14)11-8-6-7-9(3)10/h9,11H,4-8H2,1-3H3. The minimum absolute atomic E-state index is 0.1000. The molecule has 0 aliphatic rings. The van der Waals surface area contributed by atoms with Crippen LogP contribution in [0.15, 0.2) is 0 Å². The van der Waals surface area contributed by atoms with Crippen molar-refractivity contribution >= 4 is 21.8 Å². The van der Waals surface area contributed by atoms with Crippen LogP contribution in [0.1, 0.15) is 33.6 Å². The van der Waals surface area contributed by atoms with Gasteiger partial charge in [0.15, 0.2) is 0 Å². The first-order valence-corrected chi connectivity index (χ1v) is 7.20. The van der Waals surface area contributed by atoms with Crippen LogP contribution in [0.2, 0.25) is 0 Å². The van der Waals surface area contributed by atoms with Gasteiger partial charge in [0.05, 0.1) is 0 Å². The summed E-state index contributed by atoms with van der Waals surface area (Å²) in [7, 11) is -3.28. The van der Waals surface area contributed by atoms with Crippen molar-refractivity contribution in [1.29, 1.82) is 0 Å². The molecule has 1 atom stereocenters. The molecule has 6 heteroatoms. The Bertz CT molecular complexity index is 251. The van der Waals surface area contributed by atoms with Gasteiger partial charge in [0, 0.05) is 25.0 Å². The maximum absolute atomic E-state index is 11.6. The third-order valence-electron chi connectivity index (χ3n) is 2.11. The van der Waals surface area contributed by atoms with E-state index in [4.69, 9.17) is 11.6 Å². The molecule has 0 heterocycles. The van der Waals surface area contributed by atoms with Gasteiger partial charge in [-0.1, -0.05) is 13.8 Å². The molecule has 4 nitrogen and oxygen atoms in total. The van der Waals surface area contributed by atoms with Crippen LogP contribution in [-0.4, -0.2) is 37.7 Å². The molecule has 0 fully saturated rings. The van der Waals surface area contributed by atoms with Gasteiger partial charge in [0.2, 0.25) is 0 Å². The second kappa shape index (κ2) is 7.44. The van der Waals surface area contributed by atoms with E-state index in [0.717, 1.165) is 12.8 Å². The van der Waals surface area contributed by atoms with Crippen LogP contribution in [0.5, 0.6) is 0 Å². The molecule has 0 saturated carbocycles. The summed E-state index contributed by atoms with van der Waals surface area (Å²) < 4.78 is 27.2. The van der Waals surface area contributed by atoms with E-state index in [-0.39, 0.29) is 5.38 Å². The lowest BCUT2D eigenvalue weighted by Gasteiger charge is -2.18. The Morgan fingerprint density at radius 1 is 1.33 bits per heavy atom. The molecule has 0 saturated heterocycles. The van der Waals surface area contributed by atoms with E-state index in [1.165, 1.54) is 4.31 Å². The quantitative estimate of drug-likeness (QED) is 0.529. The summed E-state index contributed by atoms with van der Waals surface area (Å²) in [5, 5.41) is 0.1000. The summed E-state index contributed by atoms with van der Waals surface area (Å²) in [4.78, 5) is 0. The molecule has 0 aromatic rings. The van der Waals surface area contributed by atoms with Crippen molar-refractivity contribution < 1.29 is 8.42 Å². The van der Waals surface area contributed by atoms with Crippen LogP contribution >= 0.6 is 11.6 Å². The van der Waals surface area contributed by atoms with Gasteiger partial charge in [-0.3, -0.25) is 0 Å². The monoisotopic (exact) mass is 256 g/mol. The predicted octanol–water partition coefficient (Wildman–Crippen LogP) is 1.57. The Kier molecular flexibility index (Phi) is 7.52. The third kappa shape index (κ3) is 6.35. The molecule has 0 aromatic carbocycles. The minimum Gasteiger partial charge on any atom is -0.202 e. The first-order valence-electron chi connectivity index (χ1n) is 5.32. The molecule has 0 aliphatic carbocycles. The first-order chi connectivity index (χ1) is 6.94. The van der Waals surface area contributed by atoms with Crippen molar-refractivity contribution in [3.63, 3.8) is 0 Å². The van der Waals surface area contributed by atoms with Crippen molar-refractivity contribution in [3.8, 4) is 0 Å². The lowest BCUT2D eigenvalue weighted by Crippen LogP contribution is -2.40. The van der Waals surface area contributed by atoms with E-state index in [1.807, 2.05) is 20.8 Å². The average Bonchev–Trinajstić information content (AvgIpc) is 2.14. The summed E-state index contributed by atoms with van der Waals surface area (Å²) >= 11 is 5.76. The van der Waals surface area contributed by atoms with Crippen molar-refractivity contribution in [2.75, 3.05) is 19.6 Å². The zero-order valence-electron chi connectivity index (χ0n) is 9.66. The molecule has 1 N–H and O–H groups in total. The van der Waals surface area contributed by atoms with Gasteiger partial charge in [-0.05, 0) is 19.8 Å². The summed E-state index contributed by atoms with van der Waals surface area (Å²) in [6.45, 7) is 7.00. The molecule has 0 radical (unpaired) electrons. The van der Waals surface area contributed by atoms with Crippen LogP contribution in [0.25, 0.3) is 0 Å². The van der Waals surface area contributed by atoms with Crippen molar-refractivity contribution in [2.45, 2.75) is 39.0 Å². The van der Waals surface area contributed by atoms with Crippen molar-refractivity contribution in [2.24, 2.45) is 0 Å². The molecule has 15 heavy (non-hydrogen) atoms. The summed E-state index contributed by atoms with van der Waals surface area (Å²) in [6, 6.07) is 0. The molecule has 0 aromatic heterocycles. The Balaban J connectivity index is 3.94. The molecule has 0 bridgehead atoms. The smallest absolute Gasteiger partial charge is 0.202 e. The second-order valence-corrected chi connectivity index (χ2v) is 5.91. The van der Waals surface area contributed by atoms with Gasteiger partial charge in [-0.25, -0.2) is 4.72 Å². The van der Waals surface area contributed by atoms with Crippen LogP contribution in [0, 0.1) is 0 Å². The van der Waals surface area contributed by atoms with Gasteiger partial charge >= 0.3 is 0 Å². The number of alkyl halides is 1. The van der Waals surface area contributed by atoms with E-state index in [9.17, 15) is 8.42 Å². The number of hydrogen-bond acceptors (Lipinski definition) is 2. The van der Waals surface area contributed by atoms with E-state index < -0.39 is 10.2 Å². The van der Waals surface area contributed by atoms with Gasteiger partial charge in [-0.15, -0.1) is 11.6 Å². The Morgan fingerprint density at radius 3 is 2.27 bits per heavy atom.